The molecule has 1 fully saturated rings. The lowest BCUT2D eigenvalue weighted by Gasteiger charge is -2.33. The number of nitrogens with zero attached hydrogens (tertiary/aromatic N) is 1. The fourth-order valence-electron chi connectivity index (χ4n) is 2.66. The maximum atomic E-state index is 12.4. The van der Waals surface area contributed by atoms with Crippen LogP contribution >= 0.6 is 11.6 Å². The Morgan fingerprint density at radius 3 is 2.55 bits per heavy atom. The number of carbonyl (C=O) groups excluding carboxylic acids is 1. The van der Waals surface area contributed by atoms with E-state index in [-0.39, 0.29) is 6.03 Å². The average Bonchev–Trinajstić information content (AvgIpc) is 2.48. The molecule has 0 radical (unpaired) electrons. The molecule has 1 saturated carbocycles. The molecule has 4 heteroatoms. The molecule has 0 aliphatic heterocycles. The molecule has 0 atom stereocenters. The number of amides is 2. The molecule has 0 bridgehead atoms. The highest BCUT2D eigenvalue weighted by Crippen LogP contribution is 2.23. The quantitative estimate of drug-likeness (QED) is 0.802. The zero-order valence-electron chi connectivity index (χ0n) is 11.6. The van der Waals surface area contributed by atoms with Crippen LogP contribution in [0.15, 0.2) is 36.9 Å². The number of rotatable bonds is 4. The molecule has 2 rings (SSSR count). The predicted octanol–water partition coefficient (Wildman–Crippen LogP) is 4.69. The highest BCUT2D eigenvalue weighted by atomic mass is 35.5. The van der Waals surface area contributed by atoms with Gasteiger partial charge in [0.25, 0.3) is 0 Å². The van der Waals surface area contributed by atoms with Crippen LogP contribution in [0.2, 0.25) is 5.02 Å². The molecule has 0 aromatic heterocycles. The number of nitrogens with one attached hydrogen (secondary N) is 1. The topological polar surface area (TPSA) is 32.3 Å². The lowest BCUT2D eigenvalue weighted by atomic mass is 9.94. The summed E-state index contributed by atoms with van der Waals surface area (Å²) in [7, 11) is 0. The smallest absolute Gasteiger partial charge is 0.318 e. The zero-order valence-corrected chi connectivity index (χ0v) is 12.4. The summed E-state index contributed by atoms with van der Waals surface area (Å²) in [5.41, 5.74) is 0.768. The van der Waals surface area contributed by atoms with Gasteiger partial charge in [0.15, 0.2) is 0 Å². The van der Waals surface area contributed by atoms with Crippen LogP contribution in [-0.2, 0) is 0 Å². The third-order valence-corrected chi connectivity index (χ3v) is 3.95. The van der Waals surface area contributed by atoms with Crippen LogP contribution in [0.25, 0.3) is 0 Å². The molecule has 0 unspecified atom stereocenters. The summed E-state index contributed by atoms with van der Waals surface area (Å²) in [5.74, 6) is 0. The van der Waals surface area contributed by atoms with Crippen LogP contribution in [-0.4, -0.2) is 23.5 Å². The standard InChI is InChI=1S/C16H21ClN2O/c1-2-12-19(15-6-4-3-5-7-15)16(20)18-14-10-8-13(17)9-11-14/h2,8-11,15H,1,3-7,12H2,(H,18,20). The molecule has 3 nitrogen and oxygen atoms in total. The minimum atomic E-state index is -0.0564. The maximum Gasteiger partial charge on any atom is 0.322 e. The van der Waals surface area contributed by atoms with Crippen molar-refractivity contribution in [2.24, 2.45) is 0 Å². The van der Waals surface area contributed by atoms with Gasteiger partial charge in [-0.05, 0) is 37.1 Å². The fraction of sp³-hybridized carbons (Fsp3) is 0.438. The van der Waals surface area contributed by atoms with E-state index < -0.39 is 0 Å². The first-order valence-corrected chi connectivity index (χ1v) is 7.52. The van der Waals surface area contributed by atoms with E-state index in [1.165, 1.54) is 19.3 Å². The summed E-state index contributed by atoms with van der Waals surface area (Å²) in [6.07, 6.45) is 7.64. The number of urea groups is 1. The largest absolute Gasteiger partial charge is 0.322 e. The third-order valence-electron chi connectivity index (χ3n) is 3.70. The predicted molar refractivity (Wildman–Crippen MR) is 84.2 cm³/mol. The van der Waals surface area contributed by atoms with Crippen molar-refractivity contribution in [2.45, 2.75) is 38.1 Å². The van der Waals surface area contributed by atoms with E-state index >= 15 is 0 Å². The highest BCUT2D eigenvalue weighted by Gasteiger charge is 2.24. The molecule has 108 valence electrons. The van der Waals surface area contributed by atoms with E-state index in [2.05, 4.69) is 11.9 Å². The molecule has 0 saturated heterocycles. The van der Waals surface area contributed by atoms with Crippen molar-refractivity contribution in [3.8, 4) is 0 Å². The van der Waals surface area contributed by atoms with Crippen LogP contribution in [0.5, 0.6) is 0 Å². The van der Waals surface area contributed by atoms with Gasteiger partial charge in [-0.3, -0.25) is 0 Å². The van der Waals surface area contributed by atoms with Crippen molar-refractivity contribution in [3.63, 3.8) is 0 Å². The monoisotopic (exact) mass is 292 g/mol. The van der Waals surface area contributed by atoms with E-state index in [1.54, 1.807) is 18.2 Å². The SMILES string of the molecule is C=CCN(C(=O)Nc1ccc(Cl)cc1)C1CCCCC1. The third kappa shape index (κ3) is 4.01. The molecule has 2 amide bonds. The second-order valence-corrected chi connectivity index (χ2v) is 5.61. The zero-order chi connectivity index (χ0) is 14.4. The summed E-state index contributed by atoms with van der Waals surface area (Å²) >= 11 is 5.85. The minimum Gasteiger partial charge on any atom is -0.318 e. The first-order valence-electron chi connectivity index (χ1n) is 7.15. The Morgan fingerprint density at radius 2 is 1.95 bits per heavy atom. The van der Waals surface area contributed by atoms with E-state index in [4.69, 9.17) is 11.6 Å². The van der Waals surface area contributed by atoms with Crippen molar-refractivity contribution in [2.75, 3.05) is 11.9 Å². The van der Waals surface area contributed by atoms with Gasteiger partial charge in [0, 0.05) is 23.3 Å². The molecule has 1 N–H and O–H groups in total. The Hall–Kier alpha value is -1.48. The number of hydrogen-bond donors (Lipinski definition) is 1. The normalized spacial score (nSPS) is 15.7. The van der Waals surface area contributed by atoms with Gasteiger partial charge >= 0.3 is 6.03 Å². The van der Waals surface area contributed by atoms with Crippen LogP contribution in [0.3, 0.4) is 0 Å². The van der Waals surface area contributed by atoms with Gasteiger partial charge in [0.1, 0.15) is 0 Å². The van der Waals surface area contributed by atoms with Crippen molar-refractivity contribution >= 4 is 23.3 Å². The minimum absolute atomic E-state index is 0.0564. The van der Waals surface area contributed by atoms with Crippen LogP contribution in [0.1, 0.15) is 32.1 Å². The van der Waals surface area contributed by atoms with Gasteiger partial charge in [-0.25, -0.2) is 4.79 Å². The Bertz CT molecular complexity index is 452. The first kappa shape index (κ1) is 14.9. The van der Waals surface area contributed by atoms with Crippen molar-refractivity contribution < 1.29 is 4.79 Å². The van der Waals surface area contributed by atoms with E-state index in [0.717, 1.165) is 18.5 Å². The van der Waals surface area contributed by atoms with Gasteiger partial charge in [-0.15, -0.1) is 6.58 Å². The van der Waals surface area contributed by atoms with E-state index in [1.807, 2.05) is 17.0 Å². The maximum absolute atomic E-state index is 12.4. The number of benzene rings is 1. The number of anilines is 1. The van der Waals surface area contributed by atoms with Crippen molar-refractivity contribution in [1.29, 1.82) is 0 Å². The molecule has 0 heterocycles. The van der Waals surface area contributed by atoms with Crippen LogP contribution < -0.4 is 5.32 Å². The van der Waals surface area contributed by atoms with Gasteiger partial charge < -0.3 is 10.2 Å². The number of carbonyl (C=O) groups is 1. The summed E-state index contributed by atoms with van der Waals surface area (Å²) in [6.45, 7) is 4.34. The highest BCUT2D eigenvalue weighted by molar-refractivity contribution is 6.30. The van der Waals surface area contributed by atoms with Gasteiger partial charge in [0.05, 0.1) is 0 Å². The van der Waals surface area contributed by atoms with Crippen LogP contribution in [0.4, 0.5) is 10.5 Å². The fourth-order valence-corrected chi connectivity index (χ4v) is 2.78. The molecule has 0 spiro atoms. The summed E-state index contributed by atoms with van der Waals surface area (Å²) in [4.78, 5) is 14.3. The van der Waals surface area contributed by atoms with Crippen molar-refractivity contribution in [3.05, 3.63) is 41.9 Å². The van der Waals surface area contributed by atoms with Crippen molar-refractivity contribution in [1.82, 2.24) is 4.90 Å². The Balaban J connectivity index is 2.02. The number of hydrogen-bond acceptors (Lipinski definition) is 1. The second kappa shape index (κ2) is 7.34. The number of halogens is 1. The molecule has 20 heavy (non-hydrogen) atoms. The Morgan fingerprint density at radius 1 is 1.30 bits per heavy atom. The molecule has 1 aromatic rings. The summed E-state index contributed by atoms with van der Waals surface area (Å²) in [6, 6.07) is 7.44. The van der Waals surface area contributed by atoms with Gasteiger partial charge in [-0.1, -0.05) is 36.9 Å². The molecule has 1 aliphatic carbocycles. The van der Waals surface area contributed by atoms with Gasteiger partial charge in [0.2, 0.25) is 0 Å². The average molecular weight is 293 g/mol. The summed E-state index contributed by atoms with van der Waals surface area (Å²) in [5, 5.41) is 3.60. The molecule has 1 aromatic carbocycles. The Labute approximate surface area is 125 Å². The van der Waals surface area contributed by atoms with Gasteiger partial charge in [-0.2, -0.15) is 0 Å². The summed E-state index contributed by atoms with van der Waals surface area (Å²) < 4.78 is 0. The lowest BCUT2D eigenvalue weighted by Crippen LogP contribution is -2.43. The second-order valence-electron chi connectivity index (χ2n) is 5.17. The molecule has 1 aliphatic rings. The molecular formula is C16H21ClN2O. The van der Waals surface area contributed by atoms with E-state index in [0.29, 0.717) is 17.6 Å². The van der Waals surface area contributed by atoms with E-state index in [9.17, 15) is 4.79 Å². The Kier molecular flexibility index (Phi) is 5.48. The molecular weight excluding hydrogens is 272 g/mol. The first-order chi connectivity index (χ1) is 9.70. The van der Waals surface area contributed by atoms with Crippen LogP contribution in [0, 0.1) is 0 Å². The lowest BCUT2D eigenvalue weighted by molar-refractivity contribution is 0.176.